The Labute approximate surface area is 157 Å². The minimum Gasteiger partial charge on any atom is -0.465 e. The van der Waals surface area contributed by atoms with Crippen LogP contribution in [0.25, 0.3) is 0 Å². The first-order chi connectivity index (χ1) is 12.3. The molecule has 4 aliphatic rings. The summed E-state index contributed by atoms with van der Waals surface area (Å²) in [7, 11) is 0. The molecule has 0 radical (unpaired) electrons. The van der Waals surface area contributed by atoms with Gasteiger partial charge in [-0.05, 0) is 83.0 Å². The molecule has 5 nitrogen and oxygen atoms in total. The van der Waals surface area contributed by atoms with Gasteiger partial charge in [0, 0.05) is 6.42 Å². The summed E-state index contributed by atoms with van der Waals surface area (Å²) in [6, 6.07) is 0. The van der Waals surface area contributed by atoms with Crippen LogP contribution in [0.15, 0.2) is 0 Å². The molecular weight excluding hydrogens is 332 g/mol. The third-order valence-corrected chi connectivity index (χ3v) is 6.76. The summed E-state index contributed by atoms with van der Waals surface area (Å²) in [4.78, 5) is 23.7. The first-order valence-corrected chi connectivity index (χ1v) is 10.3. The van der Waals surface area contributed by atoms with Crippen LogP contribution in [0.4, 0.5) is 0 Å². The third-order valence-electron chi connectivity index (χ3n) is 6.76. The Hall–Kier alpha value is -1.10. The van der Waals surface area contributed by atoms with E-state index in [0.717, 1.165) is 43.4 Å². The van der Waals surface area contributed by atoms with Gasteiger partial charge in [-0.15, -0.1) is 0 Å². The second-order valence-corrected chi connectivity index (χ2v) is 9.36. The van der Waals surface area contributed by atoms with Crippen LogP contribution in [-0.4, -0.2) is 30.9 Å². The van der Waals surface area contributed by atoms with Crippen molar-refractivity contribution in [3.63, 3.8) is 0 Å². The molecule has 0 N–H and O–H groups in total. The highest BCUT2D eigenvalue weighted by molar-refractivity contribution is 5.75. The quantitative estimate of drug-likeness (QED) is 0.347. The number of ether oxygens (including phenoxy) is 3. The number of carbonyl (C=O) groups is 2. The van der Waals surface area contributed by atoms with E-state index in [1.54, 1.807) is 0 Å². The monoisotopic (exact) mass is 366 g/mol. The maximum Gasteiger partial charge on any atom is 0.311 e. The van der Waals surface area contributed by atoms with Gasteiger partial charge in [0.15, 0.2) is 6.79 Å². The molecule has 4 fully saturated rings. The Morgan fingerprint density at radius 1 is 1.00 bits per heavy atom. The summed E-state index contributed by atoms with van der Waals surface area (Å²) < 4.78 is 16.6. The number of hydrogen-bond acceptors (Lipinski definition) is 5. The van der Waals surface area contributed by atoms with Crippen molar-refractivity contribution >= 4 is 11.9 Å². The lowest BCUT2D eigenvalue weighted by Gasteiger charge is -2.56. The van der Waals surface area contributed by atoms with E-state index in [0.29, 0.717) is 6.42 Å². The molecule has 0 unspecified atom stereocenters. The maximum atomic E-state index is 11.9. The average molecular weight is 366 g/mol. The fourth-order valence-corrected chi connectivity index (χ4v) is 5.22. The van der Waals surface area contributed by atoms with E-state index in [9.17, 15) is 9.59 Å². The van der Waals surface area contributed by atoms with Gasteiger partial charge in [0.25, 0.3) is 0 Å². The van der Waals surface area contributed by atoms with Crippen LogP contribution in [0.1, 0.15) is 78.6 Å². The molecule has 0 saturated heterocycles. The molecule has 0 aromatic rings. The van der Waals surface area contributed by atoms with Crippen LogP contribution in [0.2, 0.25) is 0 Å². The topological polar surface area (TPSA) is 61.8 Å². The lowest BCUT2D eigenvalue weighted by molar-refractivity contribution is -0.210. The first-order valence-electron chi connectivity index (χ1n) is 10.3. The molecule has 0 heterocycles. The van der Waals surface area contributed by atoms with Crippen molar-refractivity contribution in [3.8, 4) is 0 Å². The zero-order valence-electron chi connectivity index (χ0n) is 16.6. The summed E-state index contributed by atoms with van der Waals surface area (Å²) in [5.41, 5.74) is -0.498. The van der Waals surface area contributed by atoms with Crippen molar-refractivity contribution in [1.29, 1.82) is 0 Å². The van der Waals surface area contributed by atoms with E-state index >= 15 is 0 Å². The van der Waals surface area contributed by atoms with Crippen LogP contribution in [0.5, 0.6) is 0 Å². The van der Waals surface area contributed by atoms with E-state index in [2.05, 4.69) is 0 Å². The van der Waals surface area contributed by atoms with E-state index < -0.39 is 5.41 Å². The van der Waals surface area contributed by atoms with E-state index in [1.165, 1.54) is 19.3 Å². The summed E-state index contributed by atoms with van der Waals surface area (Å²) in [5.74, 6) is 1.97. The van der Waals surface area contributed by atoms with E-state index in [4.69, 9.17) is 14.2 Å². The van der Waals surface area contributed by atoms with Gasteiger partial charge in [0.2, 0.25) is 0 Å². The molecule has 4 saturated carbocycles. The van der Waals surface area contributed by atoms with Crippen molar-refractivity contribution < 1.29 is 23.8 Å². The molecular formula is C21H34O5. The van der Waals surface area contributed by atoms with Crippen LogP contribution in [0, 0.1) is 23.2 Å². The Morgan fingerprint density at radius 2 is 1.58 bits per heavy atom. The molecule has 148 valence electrons. The molecule has 0 aliphatic heterocycles. The normalized spacial score (nSPS) is 32.5. The summed E-state index contributed by atoms with van der Waals surface area (Å²) >= 11 is 0. The van der Waals surface area contributed by atoms with Crippen molar-refractivity contribution in [1.82, 2.24) is 0 Å². The molecule has 26 heavy (non-hydrogen) atoms. The van der Waals surface area contributed by atoms with E-state index in [1.807, 2.05) is 20.8 Å². The Bertz CT molecular complexity index is 489. The predicted molar refractivity (Wildman–Crippen MR) is 97.2 cm³/mol. The van der Waals surface area contributed by atoms with Gasteiger partial charge in [-0.1, -0.05) is 6.92 Å². The smallest absolute Gasteiger partial charge is 0.311 e. The summed E-state index contributed by atoms with van der Waals surface area (Å²) in [6.45, 7) is 6.01. The van der Waals surface area contributed by atoms with Gasteiger partial charge < -0.3 is 14.2 Å². The van der Waals surface area contributed by atoms with Crippen molar-refractivity contribution in [2.75, 3.05) is 13.4 Å². The Kier molecular flexibility index (Phi) is 5.95. The molecule has 0 spiro atoms. The van der Waals surface area contributed by atoms with Crippen molar-refractivity contribution in [2.24, 2.45) is 23.2 Å². The van der Waals surface area contributed by atoms with Gasteiger partial charge in [-0.2, -0.15) is 0 Å². The zero-order valence-corrected chi connectivity index (χ0v) is 16.6. The molecule has 0 aromatic heterocycles. The van der Waals surface area contributed by atoms with Crippen LogP contribution in [0.3, 0.4) is 0 Å². The molecule has 4 aliphatic carbocycles. The molecule has 5 heteroatoms. The Morgan fingerprint density at radius 3 is 2.12 bits per heavy atom. The van der Waals surface area contributed by atoms with Crippen LogP contribution >= 0.6 is 0 Å². The minimum atomic E-state index is -0.466. The molecule has 0 amide bonds. The maximum absolute atomic E-state index is 11.9. The number of hydrogen-bond donors (Lipinski definition) is 0. The number of esters is 2. The summed E-state index contributed by atoms with van der Waals surface area (Å²) in [6.07, 6.45) is 9.00. The molecule has 0 aromatic carbocycles. The second-order valence-electron chi connectivity index (χ2n) is 9.36. The van der Waals surface area contributed by atoms with Gasteiger partial charge in [-0.25, -0.2) is 0 Å². The number of carbonyl (C=O) groups excluding carboxylic acids is 2. The highest BCUT2D eigenvalue weighted by Crippen LogP contribution is 2.57. The summed E-state index contributed by atoms with van der Waals surface area (Å²) in [5, 5.41) is 0. The molecule has 0 atom stereocenters. The van der Waals surface area contributed by atoms with Crippen molar-refractivity contribution in [3.05, 3.63) is 0 Å². The van der Waals surface area contributed by atoms with Gasteiger partial charge in [0.05, 0.1) is 17.6 Å². The van der Waals surface area contributed by atoms with Gasteiger partial charge in [0.1, 0.15) is 0 Å². The lowest BCUT2D eigenvalue weighted by Crippen LogP contribution is -2.52. The van der Waals surface area contributed by atoms with Crippen LogP contribution < -0.4 is 0 Å². The van der Waals surface area contributed by atoms with Crippen molar-refractivity contribution in [2.45, 2.75) is 84.2 Å². The molecule has 4 bridgehead atoms. The Balaban J connectivity index is 1.30. The molecule has 4 rings (SSSR count). The SMILES string of the molecule is CCC(C)(C)C(=O)OCCCC(=O)OCOC12CC3CC(CC(C3)C1)C2. The minimum absolute atomic E-state index is 0.0315. The predicted octanol–water partition coefficient (Wildman–Crippen LogP) is 4.23. The first kappa shape index (κ1) is 19.7. The lowest BCUT2D eigenvalue weighted by atomic mass is 9.54. The number of rotatable bonds is 9. The van der Waals surface area contributed by atoms with E-state index in [-0.39, 0.29) is 37.4 Å². The fourth-order valence-electron chi connectivity index (χ4n) is 5.22. The second kappa shape index (κ2) is 7.87. The van der Waals surface area contributed by atoms with Crippen LogP contribution in [-0.2, 0) is 23.8 Å². The standard InChI is InChI=1S/C21H34O5/c1-4-20(2,3)19(23)24-7-5-6-18(22)25-14-26-21-11-15-8-16(12-21)10-17(9-15)13-21/h15-17H,4-14H2,1-3H3. The third kappa shape index (κ3) is 4.59. The highest BCUT2D eigenvalue weighted by Gasteiger charge is 2.51. The highest BCUT2D eigenvalue weighted by atomic mass is 16.7. The largest absolute Gasteiger partial charge is 0.465 e. The average Bonchev–Trinajstić information content (AvgIpc) is 2.57. The van der Waals surface area contributed by atoms with Gasteiger partial charge in [-0.3, -0.25) is 9.59 Å². The zero-order chi connectivity index (χ0) is 18.8. The fraction of sp³-hybridized carbons (Fsp3) is 0.905. The van der Waals surface area contributed by atoms with Gasteiger partial charge >= 0.3 is 11.9 Å².